The number of H-pyrrole nitrogens is 1. The maximum Gasteiger partial charge on any atom is 0.195 e. The van der Waals surface area contributed by atoms with Crippen LogP contribution in [-0.4, -0.2) is 16.5 Å². The lowest BCUT2D eigenvalue weighted by atomic mass is 10.5. The predicted molar refractivity (Wildman–Crippen MR) is 43.3 cm³/mol. The highest BCUT2D eigenvalue weighted by Crippen LogP contribution is 2.04. The minimum absolute atomic E-state index is 0.207. The minimum atomic E-state index is 0.207. The Balaban J connectivity index is 2.84. The number of rotatable bonds is 1. The van der Waals surface area contributed by atoms with Crippen molar-refractivity contribution in [1.29, 1.82) is 0 Å². The van der Waals surface area contributed by atoms with Gasteiger partial charge in [0.15, 0.2) is 5.95 Å². The third-order valence-electron chi connectivity index (χ3n) is 1.03. The average molecular weight is 162 g/mol. The SMILES string of the molecule is [N-]=[N+]=Nc1ncc(C#CCN)[nH]1. The number of aromatic nitrogens is 2. The third-order valence-corrected chi connectivity index (χ3v) is 1.03. The molecule has 6 nitrogen and oxygen atoms in total. The molecule has 0 aliphatic rings. The molecule has 0 spiro atoms. The van der Waals surface area contributed by atoms with Gasteiger partial charge in [0.1, 0.15) is 5.69 Å². The molecule has 0 aliphatic heterocycles. The van der Waals surface area contributed by atoms with E-state index in [4.69, 9.17) is 11.3 Å². The number of nitrogens with zero attached hydrogens (tertiary/aromatic N) is 4. The van der Waals surface area contributed by atoms with Gasteiger partial charge in [0, 0.05) is 4.91 Å². The maximum absolute atomic E-state index is 8.05. The van der Waals surface area contributed by atoms with Crippen molar-refractivity contribution in [3.05, 3.63) is 22.3 Å². The standard InChI is InChI=1S/C6H6N6/c7-3-1-2-5-4-9-6(10-5)11-12-8/h4H,3,7H2,(H,9,10). The van der Waals surface area contributed by atoms with Crippen molar-refractivity contribution in [3.63, 3.8) is 0 Å². The number of hydrogen-bond acceptors (Lipinski definition) is 3. The second-order valence-corrected chi connectivity index (χ2v) is 1.82. The van der Waals surface area contributed by atoms with Gasteiger partial charge >= 0.3 is 0 Å². The summed E-state index contributed by atoms with van der Waals surface area (Å²) in [6.45, 7) is 0.288. The Labute approximate surface area is 68.4 Å². The van der Waals surface area contributed by atoms with E-state index in [1.807, 2.05) is 0 Å². The fourth-order valence-corrected chi connectivity index (χ4v) is 0.614. The van der Waals surface area contributed by atoms with E-state index >= 15 is 0 Å². The summed E-state index contributed by atoms with van der Waals surface area (Å²) < 4.78 is 0. The molecule has 60 valence electrons. The summed E-state index contributed by atoms with van der Waals surface area (Å²) in [5, 5.41) is 3.25. The highest BCUT2D eigenvalue weighted by atomic mass is 15.2. The third kappa shape index (κ3) is 2.02. The first-order valence-electron chi connectivity index (χ1n) is 3.16. The summed E-state index contributed by atoms with van der Waals surface area (Å²) in [6.07, 6.45) is 1.48. The molecule has 3 N–H and O–H groups in total. The van der Waals surface area contributed by atoms with Gasteiger partial charge in [-0.2, -0.15) is 0 Å². The Morgan fingerprint density at radius 2 is 2.67 bits per heavy atom. The van der Waals surface area contributed by atoms with Crippen LogP contribution < -0.4 is 5.73 Å². The Morgan fingerprint density at radius 1 is 1.83 bits per heavy atom. The van der Waals surface area contributed by atoms with E-state index in [9.17, 15) is 0 Å². The molecule has 1 rings (SSSR count). The number of nitrogens with one attached hydrogen (secondary N) is 1. The van der Waals surface area contributed by atoms with Gasteiger partial charge in [0.25, 0.3) is 0 Å². The first-order chi connectivity index (χ1) is 5.86. The number of aromatic amines is 1. The molecular formula is C6H6N6. The van der Waals surface area contributed by atoms with Crippen LogP contribution in [-0.2, 0) is 0 Å². The molecule has 1 heterocycles. The number of azide groups is 1. The van der Waals surface area contributed by atoms with Crippen LogP contribution in [0.4, 0.5) is 5.95 Å². The topological polar surface area (TPSA) is 103 Å². The largest absolute Gasteiger partial charge is 0.330 e. The predicted octanol–water partition coefficient (Wildman–Crippen LogP) is 0.662. The van der Waals surface area contributed by atoms with Gasteiger partial charge in [-0.15, -0.1) is 0 Å². The molecule has 0 aromatic carbocycles. The Kier molecular flexibility index (Phi) is 2.73. The molecule has 0 bridgehead atoms. The van der Waals surface area contributed by atoms with Crippen LogP contribution in [0.15, 0.2) is 11.3 Å². The van der Waals surface area contributed by atoms with Crippen molar-refractivity contribution in [2.45, 2.75) is 0 Å². The van der Waals surface area contributed by atoms with Gasteiger partial charge in [0.05, 0.1) is 12.7 Å². The zero-order valence-corrected chi connectivity index (χ0v) is 6.15. The fraction of sp³-hybridized carbons (Fsp3) is 0.167. The molecule has 0 saturated heterocycles. The van der Waals surface area contributed by atoms with Crippen molar-refractivity contribution < 1.29 is 0 Å². The van der Waals surface area contributed by atoms with E-state index in [1.54, 1.807) is 0 Å². The molecular weight excluding hydrogens is 156 g/mol. The second kappa shape index (κ2) is 4.03. The van der Waals surface area contributed by atoms with E-state index in [0.29, 0.717) is 5.69 Å². The van der Waals surface area contributed by atoms with Gasteiger partial charge in [-0.05, 0) is 16.6 Å². The summed E-state index contributed by atoms with van der Waals surface area (Å²) in [5.41, 5.74) is 13.8. The second-order valence-electron chi connectivity index (χ2n) is 1.82. The highest BCUT2D eigenvalue weighted by molar-refractivity contribution is 5.31. The van der Waals surface area contributed by atoms with Crippen molar-refractivity contribution >= 4 is 5.95 Å². The van der Waals surface area contributed by atoms with Crippen LogP contribution in [0.2, 0.25) is 0 Å². The van der Waals surface area contributed by atoms with Crippen molar-refractivity contribution in [1.82, 2.24) is 9.97 Å². The fourth-order valence-electron chi connectivity index (χ4n) is 0.614. The van der Waals surface area contributed by atoms with Gasteiger partial charge in [-0.3, -0.25) is 0 Å². The van der Waals surface area contributed by atoms with E-state index in [2.05, 4.69) is 31.8 Å². The van der Waals surface area contributed by atoms with Crippen LogP contribution in [0, 0.1) is 11.8 Å². The van der Waals surface area contributed by atoms with E-state index in [-0.39, 0.29) is 12.5 Å². The van der Waals surface area contributed by atoms with Gasteiger partial charge in [-0.1, -0.05) is 5.92 Å². The monoisotopic (exact) mass is 162 g/mol. The van der Waals surface area contributed by atoms with Crippen LogP contribution in [0.25, 0.3) is 10.4 Å². The van der Waals surface area contributed by atoms with Gasteiger partial charge < -0.3 is 10.7 Å². The zero-order valence-electron chi connectivity index (χ0n) is 6.15. The smallest absolute Gasteiger partial charge is 0.195 e. The first-order valence-corrected chi connectivity index (χ1v) is 3.16. The summed E-state index contributed by atoms with van der Waals surface area (Å²) >= 11 is 0. The Bertz CT molecular complexity index is 361. The summed E-state index contributed by atoms with van der Waals surface area (Å²) in [4.78, 5) is 8.99. The molecule has 0 radical (unpaired) electrons. The lowest BCUT2D eigenvalue weighted by molar-refractivity contribution is 1.22. The van der Waals surface area contributed by atoms with Gasteiger partial charge in [0.2, 0.25) is 0 Å². The summed E-state index contributed by atoms with van der Waals surface area (Å²) in [7, 11) is 0. The maximum atomic E-state index is 8.05. The highest BCUT2D eigenvalue weighted by Gasteiger charge is 1.92. The van der Waals surface area contributed by atoms with E-state index < -0.39 is 0 Å². The van der Waals surface area contributed by atoms with Crippen LogP contribution >= 0.6 is 0 Å². The van der Waals surface area contributed by atoms with Crippen LogP contribution in [0.5, 0.6) is 0 Å². The molecule has 12 heavy (non-hydrogen) atoms. The number of nitrogens with two attached hydrogens (primary N) is 1. The quantitative estimate of drug-likeness (QED) is 0.274. The molecule has 0 aliphatic carbocycles. The van der Waals surface area contributed by atoms with Crippen LogP contribution in [0.3, 0.4) is 0 Å². The molecule has 1 aromatic rings. The Hall–Kier alpha value is -1.96. The average Bonchev–Trinajstić information content (AvgIpc) is 2.50. The molecule has 1 aromatic heterocycles. The molecule has 6 heteroatoms. The minimum Gasteiger partial charge on any atom is -0.330 e. The summed E-state index contributed by atoms with van der Waals surface area (Å²) in [5.74, 6) is 5.55. The summed E-state index contributed by atoms with van der Waals surface area (Å²) in [6, 6.07) is 0. The molecule has 0 amide bonds. The molecule has 0 saturated carbocycles. The van der Waals surface area contributed by atoms with E-state index in [0.717, 1.165) is 0 Å². The number of imidazole rings is 1. The Morgan fingerprint density at radius 3 is 3.33 bits per heavy atom. The lowest BCUT2D eigenvalue weighted by Crippen LogP contribution is -1.92. The van der Waals surface area contributed by atoms with Gasteiger partial charge in [-0.25, -0.2) is 4.98 Å². The van der Waals surface area contributed by atoms with Crippen molar-refractivity contribution in [2.24, 2.45) is 10.8 Å². The van der Waals surface area contributed by atoms with Crippen molar-refractivity contribution in [3.8, 4) is 11.8 Å². The molecule has 0 unspecified atom stereocenters. The van der Waals surface area contributed by atoms with E-state index in [1.165, 1.54) is 6.20 Å². The zero-order chi connectivity index (χ0) is 8.81. The molecule has 0 atom stereocenters. The molecule has 0 fully saturated rings. The normalized spacial score (nSPS) is 8.08. The van der Waals surface area contributed by atoms with Crippen LogP contribution in [0.1, 0.15) is 5.69 Å². The van der Waals surface area contributed by atoms with Crippen molar-refractivity contribution in [2.75, 3.05) is 6.54 Å². The lowest BCUT2D eigenvalue weighted by Gasteiger charge is -1.77. The number of hydrogen-bond donors (Lipinski definition) is 2. The first kappa shape index (κ1) is 8.14.